The molecule has 6 nitrogen and oxygen atoms in total. The van der Waals surface area contributed by atoms with E-state index < -0.39 is 6.09 Å². The van der Waals surface area contributed by atoms with Crippen LogP contribution in [0.2, 0.25) is 5.02 Å². The molecule has 0 unspecified atom stereocenters. The van der Waals surface area contributed by atoms with Gasteiger partial charge in [-0.2, -0.15) is 0 Å². The molecule has 1 fully saturated rings. The molecule has 1 amide bonds. The molecule has 0 saturated carbocycles. The van der Waals surface area contributed by atoms with E-state index in [0.29, 0.717) is 18.1 Å². The summed E-state index contributed by atoms with van der Waals surface area (Å²) in [6, 6.07) is 13.7. The van der Waals surface area contributed by atoms with E-state index in [0.717, 1.165) is 47.4 Å². The van der Waals surface area contributed by atoms with Gasteiger partial charge < -0.3 is 9.68 Å². The molecule has 2 aromatic rings. The van der Waals surface area contributed by atoms with Crippen LogP contribution >= 0.6 is 11.6 Å². The first-order valence-corrected chi connectivity index (χ1v) is 11.4. The van der Waals surface area contributed by atoms with Crippen LogP contribution in [0.4, 0.5) is 10.5 Å². The quantitative estimate of drug-likeness (QED) is 0.610. The minimum Gasteiger partial charge on any atom is -0.388 e. The first-order valence-electron chi connectivity index (χ1n) is 11.0. The Morgan fingerprint density at radius 2 is 1.84 bits per heavy atom. The fourth-order valence-corrected chi connectivity index (χ4v) is 4.40. The van der Waals surface area contributed by atoms with Gasteiger partial charge in [-0.25, -0.2) is 4.79 Å². The molecule has 32 heavy (non-hydrogen) atoms. The summed E-state index contributed by atoms with van der Waals surface area (Å²) in [5, 5.41) is 9.70. The molecule has 2 aromatic carbocycles. The number of aryl methyl sites for hydroxylation is 1. The Morgan fingerprint density at radius 1 is 1.16 bits per heavy atom. The van der Waals surface area contributed by atoms with Gasteiger partial charge in [0.05, 0.1) is 11.4 Å². The van der Waals surface area contributed by atoms with Crippen molar-refractivity contribution < 1.29 is 14.5 Å². The van der Waals surface area contributed by atoms with Crippen molar-refractivity contribution in [3.05, 3.63) is 64.2 Å². The number of piperidine rings is 1. The van der Waals surface area contributed by atoms with Crippen LogP contribution in [0.3, 0.4) is 0 Å². The molecule has 7 heteroatoms. The van der Waals surface area contributed by atoms with E-state index in [4.69, 9.17) is 21.3 Å². The highest BCUT2D eigenvalue weighted by molar-refractivity contribution is 6.30. The minimum atomic E-state index is -0.466. The molecule has 0 aromatic heterocycles. The maximum absolute atomic E-state index is 12.6. The number of amides is 1. The van der Waals surface area contributed by atoms with Crippen LogP contribution in [0, 0.1) is 6.92 Å². The lowest BCUT2D eigenvalue weighted by atomic mass is 9.84. The Balaban J connectivity index is 1.33. The van der Waals surface area contributed by atoms with Gasteiger partial charge in [0.1, 0.15) is 5.60 Å². The van der Waals surface area contributed by atoms with Crippen molar-refractivity contribution in [1.82, 2.24) is 5.06 Å². The van der Waals surface area contributed by atoms with Gasteiger partial charge in [-0.05, 0) is 41.2 Å². The van der Waals surface area contributed by atoms with Gasteiger partial charge in [0.15, 0.2) is 0 Å². The molecule has 2 heterocycles. The number of hydrogen-bond donors (Lipinski definition) is 1. The summed E-state index contributed by atoms with van der Waals surface area (Å²) in [4.78, 5) is 24.1. The fraction of sp³-hybridized carbons (Fsp3) is 0.440. The monoisotopic (exact) mass is 455 g/mol. The lowest BCUT2D eigenvalue weighted by molar-refractivity contribution is -0.154. The first kappa shape index (κ1) is 22.6. The number of hydroxylamine groups is 2. The zero-order chi connectivity index (χ0) is 22.9. The van der Waals surface area contributed by atoms with E-state index in [1.807, 2.05) is 49.4 Å². The second-order valence-electron chi connectivity index (χ2n) is 9.68. The van der Waals surface area contributed by atoms with E-state index >= 15 is 0 Å². The van der Waals surface area contributed by atoms with Gasteiger partial charge in [-0.1, -0.05) is 67.9 Å². The molecule has 0 radical (unpaired) electrons. The molecule has 1 spiro atoms. The minimum absolute atomic E-state index is 0.0895. The molecular weight excluding hydrogens is 426 g/mol. The van der Waals surface area contributed by atoms with Gasteiger partial charge in [-0.3, -0.25) is 5.32 Å². The highest BCUT2D eigenvalue weighted by Gasteiger charge is 2.43. The number of nitrogens with zero attached hydrogens (tertiary/aromatic N) is 2. The van der Waals surface area contributed by atoms with E-state index in [2.05, 4.69) is 31.2 Å². The Hall–Kier alpha value is -2.57. The van der Waals surface area contributed by atoms with Crippen molar-refractivity contribution in [2.75, 3.05) is 18.4 Å². The number of nitrogens with one attached hydrogen (secondary N) is 1. The molecule has 0 bridgehead atoms. The zero-order valence-corrected chi connectivity index (χ0v) is 19.8. The maximum atomic E-state index is 12.6. The lowest BCUT2D eigenvalue weighted by Gasteiger charge is -2.35. The summed E-state index contributed by atoms with van der Waals surface area (Å²) in [6.07, 6.45) is 1.75. The Labute approximate surface area is 194 Å². The number of hydrogen-bond acceptors (Lipinski definition) is 5. The van der Waals surface area contributed by atoms with Crippen LogP contribution in [-0.2, 0) is 15.1 Å². The summed E-state index contributed by atoms with van der Waals surface area (Å²) in [5.74, 6) is 0. The third-order valence-corrected chi connectivity index (χ3v) is 6.42. The normalized spacial score (nSPS) is 18.2. The number of carbonyl (C=O) groups is 1. The van der Waals surface area contributed by atoms with Crippen molar-refractivity contribution >= 4 is 29.1 Å². The number of anilines is 1. The summed E-state index contributed by atoms with van der Waals surface area (Å²) < 4.78 is 0. The van der Waals surface area contributed by atoms with E-state index in [1.165, 1.54) is 0 Å². The van der Waals surface area contributed by atoms with E-state index in [1.54, 1.807) is 5.06 Å². The van der Waals surface area contributed by atoms with E-state index in [-0.39, 0.29) is 11.0 Å². The standard InChI is InChI=1S/C25H30ClN3O3/c1-17-6-5-7-20(24(2,3)4)22(17)27-23(30)31-29-14-12-25(13-15-29)16-21(28-32-25)18-8-10-19(26)11-9-18/h5-11H,12-16H2,1-4H3,(H,27,30). The second kappa shape index (κ2) is 8.75. The average molecular weight is 456 g/mol. The molecule has 1 N–H and O–H groups in total. The van der Waals surface area contributed by atoms with E-state index in [9.17, 15) is 4.79 Å². The number of carbonyl (C=O) groups excluding carboxylic acids is 1. The Bertz CT molecular complexity index is 1020. The predicted molar refractivity (Wildman–Crippen MR) is 127 cm³/mol. The second-order valence-corrected chi connectivity index (χ2v) is 10.1. The van der Waals surface area contributed by atoms with Crippen molar-refractivity contribution in [2.24, 2.45) is 5.16 Å². The van der Waals surface area contributed by atoms with Crippen LogP contribution in [-0.4, -0.2) is 35.6 Å². The molecule has 0 atom stereocenters. The Morgan fingerprint density at radius 3 is 2.50 bits per heavy atom. The zero-order valence-electron chi connectivity index (χ0n) is 19.1. The highest BCUT2D eigenvalue weighted by atomic mass is 35.5. The van der Waals surface area contributed by atoms with Crippen molar-refractivity contribution in [1.29, 1.82) is 0 Å². The van der Waals surface area contributed by atoms with Crippen LogP contribution < -0.4 is 5.32 Å². The fourth-order valence-electron chi connectivity index (χ4n) is 4.27. The first-order chi connectivity index (χ1) is 15.2. The third-order valence-electron chi connectivity index (χ3n) is 6.17. The smallest absolute Gasteiger partial charge is 0.388 e. The van der Waals surface area contributed by atoms with Gasteiger partial charge >= 0.3 is 6.09 Å². The molecule has 2 aliphatic rings. The topological polar surface area (TPSA) is 63.2 Å². The summed E-state index contributed by atoms with van der Waals surface area (Å²) in [6.45, 7) is 9.57. The summed E-state index contributed by atoms with van der Waals surface area (Å²) >= 11 is 5.99. The number of halogens is 1. The number of para-hydroxylation sites is 1. The van der Waals surface area contributed by atoms with Crippen LogP contribution in [0.15, 0.2) is 47.6 Å². The predicted octanol–water partition coefficient (Wildman–Crippen LogP) is 6.07. The molecule has 4 rings (SSSR count). The van der Waals surface area contributed by atoms with Gasteiger partial charge in [-0.15, -0.1) is 5.06 Å². The molecule has 0 aliphatic carbocycles. The van der Waals surface area contributed by atoms with Crippen LogP contribution in [0.25, 0.3) is 0 Å². The summed E-state index contributed by atoms with van der Waals surface area (Å²) in [7, 11) is 0. The SMILES string of the molecule is Cc1cccc(C(C)(C)C)c1NC(=O)ON1CCC2(CC1)CC(c1ccc(Cl)cc1)=NO2. The van der Waals surface area contributed by atoms with Gasteiger partial charge in [0.25, 0.3) is 0 Å². The van der Waals surface area contributed by atoms with Gasteiger partial charge in [0, 0.05) is 37.4 Å². The molecule has 1 saturated heterocycles. The molecular formula is C25H30ClN3O3. The highest BCUT2D eigenvalue weighted by Crippen LogP contribution is 2.37. The average Bonchev–Trinajstić information content (AvgIpc) is 3.15. The lowest BCUT2D eigenvalue weighted by Crippen LogP contribution is -2.45. The third kappa shape index (κ3) is 4.92. The molecule has 170 valence electrons. The maximum Gasteiger partial charge on any atom is 0.430 e. The van der Waals surface area contributed by atoms with Crippen molar-refractivity contribution in [2.45, 2.75) is 58.0 Å². The van der Waals surface area contributed by atoms with Gasteiger partial charge in [0.2, 0.25) is 0 Å². The number of benzene rings is 2. The Kier molecular flexibility index (Phi) is 6.19. The van der Waals surface area contributed by atoms with Crippen LogP contribution in [0.5, 0.6) is 0 Å². The molecule has 2 aliphatic heterocycles. The number of oxime groups is 1. The summed E-state index contributed by atoms with van der Waals surface area (Å²) in [5.41, 5.74) is 4.45. The van der Waals surface area contributed by atoms with Crippen molar-refractivity contribution in [3.8, 4) is 0 Å². The number of rotatable bonds is 3. The van der Waals surface area contributed by atoms with Crippen molar-refractivity contribution in [3.63, 3.8) is 0 Å². The largest absolute Gasteiger partial charge is 0.430 e. The van der Waals surface area contributed by atoms with Crippen LogP contribution in [0.1, 0.15) is 56.7 Å².